The predicted molar refractivity (Wildman–Crippen MR) is 60.1 cm³/mol. The van der Waals surface area contributed by atoms with Gasteiger partial charge in [0.2, 0.25) is 5.89 Å². The van der Waals surface area contributed by atoms with Crippen molar-refractivity contribution in [2.24, 2.45) is 5.73 Å². The molecule has 7 heteroatoms. The Morgan fingerprint density at radius 2 is 2.44 bits per heavy atom. The fraction of sp³-hybridized carbons (Fsp3) is 0.667. The molecule has 1 aromatic heterocycles. The lowest BCUT2D eigenvalue weighted by atomic mass is 10.3. The SMILES string of the molecule is CCCc1noc(CSCC(N)C(=O)O)n1. The van der Waals surface area contributed by atoms with Gasteiger partial charge in [-0.25, -0.2) is 0 Å². The average molecular weight is 245 g/mol. The maximum absolute atomic E-state index is 10.4. The van der Waals surface area contributed by atoms with Crippen molar-refractivity contribution in [3.8, 4) is 0 Å². The Bertz CT molecular complexity index is 342. The third-order valence-corrected chi connectivity index (χ3v) is 2.87. The second kappa shape index (κ2) is 6.49. The average Bonchev–Trinajstić information content (AvgIpc) is 2.66. The Morgan fingerprint density at radius 1 is 1.69 bits per heavy atom. The van der Waals surface area contributed by atoms with Crippen molar-refractivity contribution in [1.82, 2.24) is 10.1 Å². The molecule has 0 aromatic carbocycles. The van der Waals surface area contributed by atoms with Gasteiger partial charge in [-0.3, -0.25) is 4.79 Å². The van der Waals surface area contributed by atoms with Crippen LogP contribution in [-0.2, 0) is 17.0 Å². The Morgan fingerprint density at radius 3 is 3.06 bits per heavy atom. The van der Waals surface area contributed by atoms with E-state index in [1.54, 1.807) is 0 Å². The largest absolute Gasteiger partial charge is 0.480 e. The molecule has 3 N–H and O–H groups in total. The van der Waals surface area contributed by atoms with Gasteiger partial charge in [0, 0.05) is 12.2 Å². The van der Waals surface area contributed by atoms with Crippen molar-refractivity contribution in [3.63, 3.8) is 0 Å². The van der Waals surface area contributed by atoms with E-state index in [9.17, 15) is 4.79 Å². The molecule has 0 spiro atoms. The molecule has 0 aliphatic carbocycles. The van der Waals surface area contributed by atoms with Crippen LogP contribution in [0, 0.1) is 0 Å². The van der Waals surface area contributed by atoms with Gasteiger partial charge < -0.3 is 15.4 Å². The van der Waals surface area contributed by atoms with Gasteiger partial charge in [0.05, 0.1) is 5.75 Å². The van der Waals surface area contributed by atoms with Crippen molar-refractivity contribution in [1.29, 1.82) is 0 Å². The van der Waals surface area contributed by atoms with E-state index in [1.165, 1.54) is 11.8 Å². The van der Waals surface area contributed by atoms with Gasteiger partial charge >= 0.3 is 5.97 Å². The fourth-order valence-corrected chi connectivity index (χ4v) is 1.82. The molecule has 0 amide bonds. The highest BCUT2D eigenvalue weighted by molar-refractivity contribution is 7.98. The monoisotopic (exact) mass is 245 g/mol. The number of carboxylic acids is 1. The number of rotatable bonds is 7. The first-order valence-electron chi connectivity index (χ1n) is 5.01. The molecule has 0 bridgehead atoms. The summed E-state index contributed by atoms with van der Waals surface area (Å²) in [6.45, 7) is 2.04. The normalized spacial score (nSPS) is 12.6. The van der Waals surface area contributed by atoms with Crippen LogP contribution in [0.4, 0.5) is 0 Å². The summed E-state index contributed by atoms with van der Waals surface area (Å²) in [4.78, 5) is 14.6. The van der Waals surface area contributed by atoms with Gasteiger partial charge in [-0.05, 0) is 6.42 Å². The zero-order chi connectivity index (χ0) is 12.0. The van der Waals surface area contributed by atoms with Crippen LogP contribution in [-0.4, -0.2) is 33.0 Å². The maximum atomic E-state index is 10.4. The molecule has 1 atom stereocenters. The summed E-state index contributed by atoms with van der Waals surface area (Å²) >= 11 is 1.37. The van der Waals surface area contributed by atoms with Gasteiger partial charge in [0.25, 0.3) is 0 Å². The summed E-state index contributed by atoms with van der Waals surface area (Å²) in [5.41, 5.74) is 5.35. The van der Waals surface area contributed by atoms with Crippen molar-refractivity contribution in [2.75, 3.05) is 5.75 Å². The molecule has 1 rings (SSSR count). The molecule has 1 heterocycles. The number of carboxylic acid groups (broad SMARTS) is 1. The summed E-state index contributed by atoms with van der Waals surface area (Å²) < 4.78 is 4.99. The van der Waals surface area contributed by atoms with Gasteiger partial charge in [-0.15, -0.1) is 11.8 Å². The molecule has 1 unspecified atom stereocenters. The first-order valence-corrected chi connectivity index (χ1v) is 6.16. The van der Waals surface area contributed by atoms with Crippen LogP contribution < -0.4 is 5.73 Å². The summed E-state index contributed by atoms with van der Waals surface area (Å²) in [5, 5.41) is 12.4. The first kappa shape index (κ1) is 13.0. The third-order valence-electron chi connectivity index (χ3n) is 1.82. The Kier molecular flexibility index (Phi) is 5.27. The van der Waals surface area contributed by atoms with E-state index in [2.05, 4.69) is 10.1 Å². The minimum atomic E-state index is -0.996. The number of hydrogen-bond donors (Lipinski definition) is 2. The van der Waals surface area contributed by atoms with Crippen LogP contribution >= 0.6 is 11.8 Å². The molecule has 0 aliphatic rings. The number of aromatic nitrogens is 2. The number of nitrogens with zero attached hydrogens (tertiary/aromatic N) is 2. The molecular weight excluding hydrogens is 230 g/mol. The molecule has 0 radical (unpaired) electrons. The summed E-state index contributed by atoms with van der Waals surface area (Å²) in [6, 6.07) is -0.844. The topological polar surface area (TPSA) is 102 Å². The van der Waals surface area contributed by atoms with Crippen LogP contribution in [0.15, 0.2) is 4.52 Å². The van der Waals surface area contributed by atoms with E-state index in [1.807, 2.05) is 6.92 Å². The lowest BCUT2D eigenvalue weighted by Gasteiger charge is -2.03. The number of carbonyl (C=O) groups is 1. The van der Waals surface area contributed by atoms with Crippen LogP contribution in [0.3, 0.4) is 0 Å². The quantitative estimate of drug-likeness (QED) is 0.727. The van der Waals surface area contributed by atoms with Crippen LogP contribution in [0.1, 0.15) is 25.1 Å². The lowest BCUT2D eigenvalue weighted by Crippen LogP contribution is -2.32. The number of nitrogens with two attached hydrogens (primary N) is 1. The molecule has 0 saturated carbocycles. The van der Waals surface area contributed by atoms with E-state index in [0.717, 1.165) is 12.8 Å². The molecule has 16 heavy (non-hydrogen) atoms. The molecule has 0 saturated heterocycles. The molecule has 0 fully saturated rings. The van der Waals surface area contributed by atoms with Crippen molar-refractivity contribution >= 4 is 17.7 Å². The standard InChI is InChI=1S/C9H15N3O3S/c1-2-3-7-11-8(15-12-7)5-16-4-6(10)9(13)14/h6H,2-5,10H2,1H3,(H,13,14). The Hall–Kier alpha value is -1.08. The maximum Gasteiger partial charge on any atom is 0.321 e. The van der Waals surface area contributed by atoms with Gasteiger partial charge in [-0.2, -0.15) is 4.98 Å². The van der Waals surface area contributed by atoms with Gasteiger partial charge in [0.15, 0.2) is 5.82 Å². The van der Waals surface area contributed by atoms with E-state index in [-0.39, 0.29) is 0 Å². The predicted octanol–water partition coefficient (Wildman–Crippen LogP) is 0.667. The second-order valence-corrected chi connectivity index (χ2v) is 4.34. The Balaban J connectivity index is 2.29. The molecule has 0 aliphatic heterocycles. The van der Waals surface area contributed by atoms with Crippen molar-refractivity contribution in [2.45, 2.75) is 31.6 Å². The van der Waals surface area contributed by atoms with E-state index in [0.29, 0.717) is 23.2 Å². The third kappa shape index (κ3) is 4.19. The number of thioether (sulfide) groups is 1. The van der Waals surface area contributed by atoms with Crippen molar-refractivity contribution < 1.29 is 14.4 Å². The van der Waals surface area contributed by atoms with Crippen LogP contribution in [0.2, 0.25) is 0 Å². The number of aryl methyl sites for hydroxylation is 1. The highest BCUT2D eigenvalue weighted by Crippen LogP contribution is 2.11. The number of aliphatic carboxylic acids is 1. The lowest BCUT2D eigenvalue weighted by molar-refractivity contribution is -0.137. The van der Waals surface area contributed by atoms with E-state index < -0.39 is 12.0 Å². The first-order chi connectivity index (χ1) is 7.63. The minimum absolute atomic E-state index is 0.334. The van der Waals surface area contributed by atoms with Crippen LogP contribution in [0.25, 0.3) is 0 Å². The highest BCUT2D eigenvalue weighted by Gasteiger charge is 2.12. The molecular formula is C9H15N3O3S. The second-order valence-electron chi connectivity index (χ2n) is 3.31. The zero-order valence-corrected chi connectivity index (χ0v) is 9.87. The summed E-state index contributed by atoms with van der Waals surface area (Å²) in [6.07, 6.45) is 1.76. The molecule has 1 aromatic rings. The zero-order valence-electron chi connectivity index (χ0n) is 9.05. The minimum Gasteiger partial charge on any atom is -0.480 e. The highest BCUT2D eigenvalue weighted by atomic mass is 32.2. The summed E-state index contributed by atoms with van der Waals surface area (Å²) in [5.74, 6) is 1.05. The smallest absolute Gasteiger partial charge is 0.321 e. The molecule has 6 nitrogen and oxygen atoms in total. The van der Waals surface area contributed by atoms with Crippen molar-refractivity contribution in [3.05, 3.63) is 11.7 Å². The fourth-order valence-electron chi connectivity index (χ4n) is 1.02. The van der Waals surface area contributed by atoms with E-state index >= 15 is 0 Å². The van der Waals surface area contributed by atoms with E-state index in [4.69, 9.17) is 15.4 Å². The summed E-state index contributed by atoms with van der Waals surface area (Å²) in [7, 11) is 0. The number of hydrogen-bond acceptors (Lipinski definition) is 6. The van der Waals surface area contributed by atoms with Gasteiger partial charge in [0.1, 0.15) is 6.04 Å². The van der Waals surface area contributed by atoms with Crippen LogP contribution in [0.5, 0.6) is 0 Å². The van der Waals surface area contributed by atoms with Gasteiger partial charge in [-0.1, -0.05) is 12.1 Å². The Labute approximate surface area is 97.6 Å². The molecule has 90 valence electrons.